The first-order valence-electron chi connectivity index (χ1n) is 7.71. The lowest BCUT2D eigenvalue weighted by Gasteiger charge is -2.20. The summed E-state index contributed by atoms with van der Waals surface area (Å²) in [4.78, 5) is 0. The molecule has 0 aromatic carbocycles. The zero-order valence-corrected chi connectivity index (χ0v) is 13.8. The van der Waals surface area contributed by atoms with Crippen LogP contribution in [0.2, 0.25) is 0 Å². The maximum Gasteiger partial charge on any atom is 0.0151 e. The molecule has 0 aromatic rings. The van der Waals surface area contributed by atoms with Crippen molar-refractivity contribution in [1.82, 2.24) is 0 Å². The molecule has 0 bridgehead atoms. The van der Waals surface area contributed by atoms with Gasteiger partial charge in [-0.2, -0.15) is 0 Å². The Morgan fingerprint density at radius 1 is 0.882 bits per heavy atom. The molecule has 0 aliphatic heterocycles. The van der Waals surface area contributed by atoms with Crippen LogP contribution in [0, 0.1) is 0 Å². The SMILES string of the molecule is CC.CCCCCCCSSC1CCCCC1. The highest BCUT2D eigenvalue weighted by Gasteiger charge is 2.13. The molecule has 1 aliphatic rings. The van der Waals surface area contributed by atoms with Crippen LogP contribution in [0.5, 0.6) is 0 Å². The van der Waals surface area contributed by atoms with Crippen LogP contribution < -0.4 is 0 Å². The monoisotopic (exact) mass is 276 g/mol. The van der Waals surface area contributed by atoms with Gasteiger partial charge in [0.15, 0.2) is 0 Å². The van der Waals surface area contributed by atoms with Gasteiger partial charge in [-0.1, -0.05) is 87.3 Å². The summed E-state index contributed by atoms with van der Waals surface area (Å²) in [6.07, 6.45) is 14.5. The summed E-state index contributed by atoms with van der Waals surface area (Å²) in [5.41, 5.74) is 0. The second-order valence-corrected chi connectivity index (χ2v) is 7.38. The highest BCUT2D eigenvalue weighted by atomic mass is 33.1. The Kier molecular flexibility index (Phi) is 15.4. The third-order valence-electron chi connectivity index (χ3n) is 3.09. The van der Waals surface area contributed by atoms with Gasteiger partial charge < -0.3 is 0 Å². The maximum atomic E-state index is 2.29. The Hall–Kier alpha value is 0.700. The molecule has 0 atom stereocenters. The predicted octanol–water partition coefficient (Wildman–Crippen LogP) is 6.70. The van der Waals surface area contributed by atoms with Gasteiger partial charge in [-0.25, -0.2) is 0 Å². The van der Waals surface area contributed by atoms with Crippen LogP contribution in [0.4, 0.5) is 0 Å². The minimum Gasteiger partial charge on any atom is -0.0939 e. The molecule has 0 nitrogen and oxygen atoms in total. The van der Waals surface area contributed by atoms with Crippen LogP contribution in [-0.4, -0.2) is 11.0 Å². The van der Waals surface area contributed by atoms with E-state index in [-0.39, 0.29) is 0 Å². The fraction of sp³-hybridized carbons (Fsp3) is 1.00. The average molecular weight is 277 g/mol. The van der Waals surface area contributed by atoms with Gasteiger partial charge in [0.05, 0.1) is 0 Å². The van der Waals surface area contributed by atoms with Crippen LogP contribution in [-0.2, 0) is 0 Å². The summed E-state index contributed by atoms with van der Waals surface area (Å²) in [6, 6.07) is 0. The topological polar surface area (TPSA) is 0 Å². The zero-order chi connectivity index (χ0) is 12.8. The van der Waals surface area contributed by atoms with E-state index in [1.165, 1.54) is 70.0 Å². The third-order valence-corrected chi connectivity index (χ3v) is 6.15. The Balaban J connectivity index is 0.00000121. The van der Waals surface area contributed by atoms with Gasteiger partial charge in [0.25, 0.3) is 0 Å². The lowest BCUT2D eigenvalue weighted by Crippen LogP contribution is -2.06. The van der Waals surface area contributed by atoms with Gasteiger partial charge in [0.2, 0.25) is 0 Å². The standard InChI is InChI=1S/C13H26S2.C2H6/c1-2-3-4-5-9-12-14-15-13-10-7-6-8-11-13;1-2/h13H,2-12H2,1H3;1-2H3. The second-order valence-electron chi connectivity index (χ2n) is 4.59. The summed E-state index contributed by atoms with van der Waals surface area (Å²) in [5, 5.41) is 0.986. The molecule has 1 fully saturated rings. The molecule has 0 saturated heterocycles. The predicted molar refractivity (Wildman–Crippen MR) is 87.0 cm³/mol. The molecule has 0 aromatic heterocycles. The highest BCUT2D eigenvalue weighted by Crippen LogP contribution is 2.36. The van der Waals surface area contributed by atoms with Crippen molar-refractivity contribution in [3.05, 3.63) is 0 Å². The van der Waals surface area contributed by atoms with Gasteiger partial charge in [-0.15, -0.1) is 0 Å². The molecule has 104 valence electrons. The molecule has 0 radical (unpaired) electrons. The quantitative estimate of drug-likeness (QED) is 0.357. The summed E-state index contributed by atoms with van der Waals surface area (Å²) in [5.74, 6) is 1.38. The van der Waals surface area contributed by atoms with Crippen LogP contribution in [0.1, 0.15) is 85.0 Å². The van der Waals surface area contributed by atoms with Crippen molar-refractivity contribution in [1.29, 1.82) is 0 Å². The van der Waals surface area contributed by atoms with Gasteiger partial charge >= 0.3 is 0 Å². The smallest absolute Gasteiger partial charge is 0.0151 e. The molecule has 2 heteroatoms. The van der Waals surface area contributed by atoms with Gasteiger partial charge in [0, 0.05) is 11.0 Å². The lowest BCUT2D eigenvalue weighted by molar-refractivity contribution is 0.517. The van der Waals surface area contributed by atoms with E-state index in [1.54, 1.807) is 0 Å². The molecular weight excluding hydrogens is 244 g/mol. The first-order valence-corrected chi connectivity index (χ1v) is 10.1. The number of rotatable bonds is 8. The normalized spacial score (nSPS) is 16.4. The second kappa shape index (κ2) is 14.8. The Labute approximate surface area is 117 Å². The van der Waals surface area contributed by atoms with E-state index in [0.29, 0.717) is 0 Å². The molecule has 1 aliphatic carbocycles. The van der Waals surface area contributed by atoms with Crippen LogP contribution in [0.15, 0.2) is 0 Å². The van der Waals surface area contributed by atoms with Crippen molar-refractivity contribution in [3.63, 3.8) is 0 Å². The number of hydrogen-bond acceptors (Lipinski definition) is 2. The maximum absolute atomic E-state index is 2.29. The molecular formula is C15H32S2. The van der Waals surface area contributed by atoms with Gasteiger partial charge in [-0.3, -0.25) is 0 Å². The molecule has 0 unspecified atom stereocenters. The van der Waals surface area contributed by atoms with E-state index in [0.717, 1.165) is 5.25 Å². The van der Waals surface area contributed by atoms with Gasteiger partial charge in [0.1, 0.15) is 0 Å². The summed E-state index contributed by atoms with van der Waals surface area (Å²) >= 11 is 0. The number of hydrogen-bond donors (Lipinski definition) is 0. The number of unbranched alkanes of at least 4 members (excludes halogenated alkanes) is 4. The summed E-state index contributed by atoms with van der Waals surface area (Å²) < 4.78 is 0. The first kappa shape index (κ1) is 17.7. The van der Waals surface area contributed by atoms with Crippen molar-refractivity contribution in [2.24, 2.45) is 0 Å². The molecule has 1 rings (SSSR count). The van der Waals surface area contributed by atoms with Crippen molar-refractivity contribution in [2.75, 3.05) is 5.75 Å². The Morgan fingerprint density at radius 3 is 2.18 bits per heavy atom. The van der Waals surface area contributed by atoms with Crippen LogP contribution >= 0.6 is 21.6 Å². The minimum atomic E-state index is 0.986. The molecule has 1 saturated carbocycles. The third kappa shape index (κ3) is 11.5. The van der Waals surface area contributed by atoms with E-state index in [4.69, 9.17) is 0 Å². The van der Waals surface area contributed by atoms with E-state index >= 15 is 0 Å². The van der Waals surface area contributed by atoms with E-state index in [2.05, 4.69) is 28.5 Å². The molecule has 0 N–H and O–H groups in total. The summed E-state index contributed by atoms with van der Waals surface area (Å²) in [6.45, 7) is 6.29. The van der Waals surface area contributed by atoms with Crippen molar-refractivity contribution in [2.45, 2.75) is 90.2 Å². The average Bonchev–Trinajstić information content (AvgIpc) is 2.41. The zero-order valence-electron chi connectivity index (χ0n) is 12.2. The van der Waals surface area contributed by atoms with E-state index in [1.807, 2.05) is 13.8 Å². The first-order chi connectivity index (χ1) is 8.43. The van der Waals surface area contributed by atoms with Crippen molar-refractivity contribution in [3.8, 4) is 0 Å². The fourth-order valence-corrected chi connectivity index (χ4v) is 5.00. The Morgan fingerprint density at radius 2 is 1.53 bits per heavy atom. The Bertz CT molecular complexity index is 131. The largest absolute Gasteiger partial charge is 0.0939 e. The van der Waals surface area contributed by atoms with Crippen molar-refractivity contribution < 1.29 is 0 Å². The summed E-state index contributed by atoms with van der Waals surface area (Å²) in [7, 11) is 4.31. The highest BCUT2D eigenvalue weighted by molar-refractivity contribution is 8.76. The molecule has 0 heterocycles. The van der Waals surface area contributed by atoms with Gasteiger partial charge in [-0.05, 0) is 19.3 Å². The molecule has 0 spiro atoms. The van der Waals surface area contributed by atoms with E-state index in [9.17, 15) is 0 Å². The van der Waals surface area contributed by atoms with E-state index < -0.39 is 0 Å². The lowest BCUT2D eigenvalue weighted by atomic mass is 10.0. The van der Waals surface area contributed by atoms with Crippen molar-refractivity contribution >= 4 is 21.6 Å². The van der Waals surface area contributed by atoms with Crippen LogP contribution in [0.3, 0.4) is 0 Å². The molecule has 0 amide bonds. The fourth-order valence-electron chi connectivity index (χ4n) is 2.07. The minimum absolute atomic E-state index is 0.986. The molecule has 17 heavy (non-hydrogen) atoms. The van der Waals surface area contributed by atoms with Crippen LogP contribution in [0.25, 0.3) is 0 Å².